The number of aromatic nitrogens is 2. The molecule has 0 saturated carbocycles. The molecule has 4 nitrogen and oxygen atoms in total. The number of hydrogen-bond donors (Lipinski definition) is 1. The molecule has 3 rings (SSSR count). The molecule has 1 aliphatic rings. The number of fused-ring (bicyclic) bond motifs is 1. The Morgan fingerprint density at radius 1 is 1.40 bits per heavy atom. The maximum Gasteiger partial charge on any atom is 0.0949 e. The van der Waals surface area contributed by atoms with E-state index in [-0.39, 0.29) is 0 Å². The van der Waals surface area contributed by atoms with E-state index in [1.54, 1.807) is 0 Å². The van der Waals surface area contributed by atoms with Crippen molar-refractivity contribution in [2.75, 3.05) is 13.1 Å². The Balaban J connectivity index is 1.69. The highest BCUT2D eigenvalue weighted by molar-refractivity contribution is 6.31. The number of aliphatic hydroxyl groups excluding tert-OH is 1. The van der Waals surface area contributed by atoms with Crippen LogP contribution in [0.2, 0.25) is 5.02 Å². The standard InChI is InChI=1S/C15H18ClN3O/c1-18-10-17-13-8-19(7-6-14(13)18)9-15(20)11-4-2-3-5-12(11)16/h2-5,10,15,20H,6-9H2,1H3. The van der Waals surface area contributed by atoms with Gasteiger partial charge in [-0.3, -0.25) is 4.90 Å². The van der Waals surface area contributed by atoms with Gasteiger partial charge in [-0.2, -0.15) is 0 Å². The first-order chi connectivity index (χ1) is 9.65. The molecule has 1 aromatic carbocycles. The first-order valence-corrected chi connectivity index (χ1v) is 7.17. The van der Waals surface area contributed by atoms with Crippen molar-refractivity contribution >= 4 is 11.6 Å². The third-order valence-corrected chi connectivity index (χ3v) is 4.22. The zero-order valence-corrected chi connectivity index (χ0v) is 12.2. The summed E-state index contributed by atoms with van der Waals surface area (Å²) in [6.07, 6.45) is 2.27. The summed E-state index contributed by atoms with van der Waals surface area (Å²) in [4.78, 5) is 6.64. The molecule has 1 aromatic heterocycles. The summed E-state index contributed by atoms with van der Waals surface area (Å²) in [5, 5.41) is 11.0. The lowest BCUT2D eigenvalue weighted by Gasteiger charge is -2.28. The quantitative estimate of drug-likeness (QED) is 0.942. The minimum absolute atomic E-state index is 0.561. The summed E-state index contributed by atoms with van der Waals surface area (Å²) in [6.45, 7) is 2.31. The SMILES string of the molecule is Cn1cnc2c1CCN(CC(O)c1ccccc1Cl)C2. The molecular weight excluding hydrogens is 274 g/mol. The summed E-state index contributed by atoms with van der Waals surface area (Å²) in [5.41, 5.74) is 3.21. The number of imidazole rings is 1. The number of halogens is 1. The molecule has 2 aromatic rings. The van der Waals surface area contributed by atoms with Gasteiger partial charge in [0.25, 0.3) is 0 Å². The molecule has 1 unspecified atom stereocenters. The average molecular weight is 292 g/mol. The predicted octanol–water partition coefficient (Wildman–Crippen LogP) is 2.17. The van der Waals surface area contributed by atoms with Crippen LogP contribution in [0, 0.1) is 0 Å². The fraction of sp³-hybridized carbons (Fsp3) is 0.400. The number of β-amino-alcohol motifs (C(OH)–C–C–N with tert-alkyl or cyclic N) is 1. The first kappa shape index (κ1) is 13.6. The van der Waals surface area contributed by atoms with E-state index in [0.717, 1.165) is 30.8 Å². The van der Waals surface area contributed by atoms with E-state index >= 15 is 0 Å². The smallest absolute Gasteiger partial charge is 0.0949 e. The molecule has 0 fully saturated rings. The molecular formula is C15H18ClN3O. The van der Waals surface area contributed by atoms with Gasteiger partial charge in [-0.25, -0.2) is 4.98 Å². The molecule has 0 amide bonds. The van der Waals surface area contributed by atoms with Gasteiger partial charge in [0.05, 0.1) is 18.1 Å². The topological polar surface area (TPSA) is 41.3 Å². The van der Waals surface area contributed by atoms with Gasteiger partial charge in [-0.15, -0.1) is 0 Å². The second kappa shape index (κ2) is 5.56. The van der Waals surface area contributed by atoms with Crippen molar-refractivity contribution in [1.82, 2.24) is 14.5 Å². The van der Waals surface area contributed by atoms with Gasteiger partial charge in [0.1, 0.15) is 0 Å². The number of rotatable bonds is 3. The Bertz CT molecular complexity index is 611. The van der Waals surface area contributed by atoms with E-state index in [2.05, 4.69) is 14.5 Å². The minimum atomic E-state index is -0.561. The zero-order valence-electron chi connectivity index (χ0n) is 11.5. The van der Waals surface area contributed by atoms with E-state index in [0.29, 0.717) is 11.6 Å². The zero-order chi connectivity index (χ0) is 14.1. The highest BCUT2D eigenvalue weighted by atomic mass is 35.5. The molecule has 0 radical (unpaired) electrons. The molecule has 0 aliphatic carbocycles. The fourth-order valence-electron chi connectivity index (χ4n) is 2.76. The van der Waals surface area contributed by atoms with Crippen LogP contribution < -0.4 is 0 Å². The summed E-state index contributed by atoms with van der Waals surface area (Å²) >= 11 is 6.13. The fourth-order valence-corrected chi connectivity index (χ4v) is 3.02. The van der Waals surface area contributed by atoms with Crippen molar-refractivity contribution in [2.45, 2.75) is 19.1 Å². The number of benzene rings is 1. The Kier molecular flexibility index (Phi) is 3.78. The van der Waals surface area contributed by atoms with Crippen LogP contribution in [-0.2, 0) is 20.0 Å². The van der Waals surface area contributed by atoms with Gasteiger partial charge >= 0.3 is 0 Å². The van der Waals surface area contributed by atoms with Crippen LogP contribution in [0.15, 0.2) is 30.6 Å². The Labute approximate surface area is 123 Å². The van der Waals surface area contributed by atoms with E-state index in [1.165, 1.54) is 5.69 Å². The van der Waals surface area contributed by atoms with Crippen molar-refractivity contribution in [3.8, 4) is 0 Å². The van der Waals surface area contributed by atoms with E-state index in [1.807, 2.05) is 37.6 Å². The van der Waals surface area contributed by atoms with Gasteiger partial charge < -0.3 is 9.67 Å². The number of aryl methyl sites for hydroxylation is 1. The minimum Gasteiger partial charge on any atom is -0.387 e. The van der Waals surface area contributed by atoms with Crippen LogP contribution in [0.4, 0.5) is 0 Å². The van der Waals surface area contributed by atoms with Crippen molar-refractivity contribution in [2.24, 2.45) is 7.05 Å². The van der Waals surface area contributed by atoms with Crippen molar-refractivity contribution < 1.29 is 5.11 Å². The second-order valence-electron chi connectivity index (χ2n) is 5.27. The Morgan fingerprint density at radius 2 is 2.20 bits per heavy atom. The Hall–Kier alpha value is -1.36. The molecule has 2 heterocycles. The van der Waals surface area contributed by atoms with Crippen LogP contribution in [0.3, 0.4) is 0 Å². The van der Waals surface area contributed by atoms with Crippen molar-refractivity contribution in [3.63, 3.8) is 0 Å². The number of nitrogens with zero attached hydrogens (tertiary/aromatic N) is 3. The van der Waals surface area contributed by atoms with E-state index in [4.69, 9.17) is 11.6 Å². The molecule has 1 aliphatic heterocycles. The largest absolute Gasteiger partial charge is 0.387 e. The van der Waals surface area contributed by atoms with E-state index < -0.39 is 6.10 Å². The van der Waals surface area contributed by atoms with Crippen LogP contribution in [-0.4, -0.2) is 32.6 Å². The van der Waals surface area contributed by atoms with Gasteiger partial charge in [-0.05, 0) is 6.07 Å². The Morgan fingerprint density at radius 3 is 3.00 bits per heavy atom. The molecule has 20 heavy (non-hydrogen) atoms. The summed E-state index contributed by atoms with van der Waals surface area (Å²) in [5.74, 6) is 0. The maximum atomic E-state index is 10.4. The summed E-state index contributed by atoms with van der Waals surface area (Å²) in [6, 6.07) is 7.47. The molecule has 0 bridgehead atoms. The number of hydrogen-bond acceptors (Lipinski definition) is 3. The van der Waals surface area contributed by atoms with Crippen LogP contribution in [0.5, 0.6) is 0 Å². The first-order valence-electron chi connectivity index (χ1n) is 6.79. The van der Waals surface area contributed by atoms with Crippen LogP contribution in [0.25, 0.3) is 0 Å². The monoisotopic (exact) mass is 291 g/mol. The number of aliphatic hydroxyl groups is 1. The van der Waals surface area contributed by atoms with Crippen LogP contribution >= 0.6 is 11.6 Å². The van der Waals surface area contributed by atoms with E-state index in [9.17, 15) is 5.11 Å². The normalized spacial score (nSPS) is 16.9. The molecule has 5 heteroatoms. The highest BCUT2D eigenvalue weighted by Gasteiger charge is 2.22. The predicted molar refractivity (Wildman–Crippen MR) is 78.6 cm³/mol. The van der Waals surface area contributed by atoms with Crippen molar-refractivity contribution in [1.29, 1.82) is 0 Å². The lowest BCUT2D eigenvalue weighted by Crippen LogP contribution is -2.34. The molecule has 0 spiro atoms. The molecule has 106 valence electrons. The summed E-state index contributed by atoms with van der Waals surface area (Å²) < 4.78 is 2.08. The van der Waals surface area contributed by atoms with Crippen LogP contribution in [0.1, 0.15) is 23.1 Å². The molecule has 0 saturated heterocycles. The molecule has 1 atom stereocenters. The maximum absolute atomic E-state index is 10.4. The lowest BCUT2D eigenvalue weighted by molar-refractivity contribution is 0.105. The van der Waals surface area contributed by atoms with Gasteiger partial charge in [-0.1, -0.05) is 29.8 Å². The summed E-state index contributed by atoms with van der Waals surface area (Å²) in [7, 11) is 2.03. The van der Waals surface area contributed by atoms with Gasteiger partial charge in [0.2, 0.25) is 0 Å². The third kappa shape index (κ3) is 2.59. The van der Waals surface area contributed by atoms with Crippen molar-refractivity contribution in [3.05, 3.63) is 52.6 Å². The lowest BCUT2D eigenvalue weighted by atomic mass is 10.1. The molecule has 1 N–H and O–H groups in total. The van der Waals surface area contributed by atoms with Gasteiger partial charge in [0.15, 0.2) is 0 Å². The average Bonchev–Trinajstić information content (AvgIpc) is 2.80. The highest BCUT2D eigenvalue weighted by Crippen LogP contribution is 2.25. The third-order valence-electron chi connectivity index (χ3n) is 3.88. The second-order valence-corrected chi connectivity index (χ2v) is 5.68. The van der Waals surface area contributed by atoms with Gasteiger partial charge in [0, 0.05) is 49.4 Å².